The van der Waals surface area contributed by atoms with Crippen LogP contribution in [0.2, 0.25) is 0 Å². The number of amides is 2. The number of fused-ring (bicyclic) bond motifs is 1. The molecule has 0 spiro atoms. The Morgan fingerprint density at radius 2 is 1.78 bits per heavy atom. The Bertz CT molecular complexity index is 1170. The van der Waals surface area contributed by atoms with Crippen molar-refractivity contribution in [1.82, 2.24) is 4.98 Å². The number of anilines is 2. The number of benzene rings is 2. The number of nitrogens with zero attached hydrogens (tertiary/aromatic N) is 1. The second-order valence-corrected chi connectivity index (χ2v) is 7.49. The third-order valence-corrected chi connectivity index (χ3v) is 4.68. The average molecular weight is 435 g/mol. The minimum Gasteiger partial charge on any atom is -0.495 e. The van der Waals surface area contributed by atoms with Crippen LogP contribution in [-0.2, 0) is 14.3 Å². The number of hydrogen-bond donors (Lipinski definition) is 2. The molecule has 32 heavy (non-hydrogen) atoms. The summed E-state index contributed by atoms with van der Waals surface area (Å²) in [4.78, 5) is 41.1. The van der Waals surface area contributed by atoms with Crippen LogP contribution in [-0.4, -0.2) is 36.5 Å². The Balaban J connectivity index is 1.75. The fourth-order valence-corrected chi connectivity index (χ4v) is 3.14. The lowest BCUT2D eigenvalue weighted by atomic mass is 10.0. The zero-order chi connectivity index (χ0) is 23.3. The third kappa shape index (κ3) is 5.40. The van der Waals surface area contributed by atoms with Crippen molar-refractivity contribution in [2.75, 3.05) is 24.4 Å². The Morgan fingerprint density at radius 1 is 1.03 bits per heavy atom. The van der Waals surface area contributed by atoms with E-state index in [-0.39, 0.29) is 11.8 Å². The summed E-state index contributed by atoms with van der Waals surface area (Å²) in [5.41, 5.74) is 2.65. The van der Waals surface area contributed by atoms with Crippen LogP contribution in [0.4, 0.5) is 11.4 Å². The minimum atomic E-state index is -0.611. The van der Waals surface area contributed by atoms with Gasteiger partial charge in [0.2, 0.25) is 5.91 Å². The molecule has 1 heterocycles. The van der Waals surface area contributed by atoms with E-state index in [4.69, 9.17) is 9.47 Å². The first-order valence-electron chi connectivity index (χ1n) is 10.1. The normalized spacial score (nSPS) is 10.7. The molecule has 2 N–H and O–H groups in total. The summed E-state index contributed by atoms with van der Waals surface area (Å²) in [6.07, 6.45) is 0. The van der Waals surface area contributed by atoms with Crippen LogP contribution in [0.15, 0.2) is 48.5 Å². The molecular weight excluding hydrogens is 410 g/mol. The Hall–Kier alpha value is -3.94. The Labute approximate surface area is 185 Å². The molecule has 1 aromatic heterocycles. The summed E-state index contributed by atoms with van der Waals surface area (Å²) in [6.45, 7) is 4.87. The van der Waals surface area contributed by atoms with Gasteiger partial charge in [-0.25, -0.2) is 4.79 Å². The minimum absolute atomic E-state index is 0.123. The topological polar surface area (TPSA) is 107 Å². The number of carbonyl (C=O) groups excluding carboxylic acids is 3. The third-order valence-electron chi connectivity index (χ3n) is 4.68. The summed E-state index contributed by atoms with van der Waals surface area (Å²) in [5.74, 6) is -0.872. The summed E-state index contributed by atoms with van der Waals surface area (Å²) in [7, 11) is 1.46. The molecule has 8 nitrogen and oxygen atoms in total. The number of hydrogen-bond acceptors (Lipinski definition) is 6. The van der Waals surface area contributed by atoms with Crippen molar-refractivity contribution >= 4 is 40.1 Å². The van der Waals surface area contributed by atoms with Crippen molar-refractivity contribution in [3.63, 3.8) is 0 Å². The predicted molar refractivity (Wildman–Crippen MR) is 122 cm³/mol. The van der Waals surface area contributed by atoms with Crippen LogP contribution >= 0.6 is 0 Å². The van der Waals surface area contributed by atoms with E-state index in [1.807, 2.05) is 32.0 Å². The molecule has 0 atom stereocenters. The molecule has 3 aromatic rings. The van der Waals surface area contributed by atoms with Crippen molar-refractivity contribution in [2.45, 2.75) is 26.7 Å². The number of methoxy groups -OCH3 is 1. The molecule has 166 valence electrons. The van der Waals surface area contributed by atoms with Gasteiger partial charge in [-0.3, -0.25) is 14.6 Å². The average Bonchev–Trinajstić information content (AvgIpc) is 2.76. The zero-order valence-corrected chi connectivity index (χ0v) is 18.4. The van der Waals surface area contributed by atoms with Crippen LogP contribution in [0.3, 0.4) is 0 Å². The molecule has 0 unspecified atom stereocenters. The van der Waals surface area contributed by atoms with Crippen LogP contribution in [0, 0.1) is 0 Å². The molecule has 0 aliphatic rings. The summed E-state index contributed by atoms with van der Waals surface area (Å²) < 4.78 is 10.5. The summed E-state index contributed by atoms with van der Waals surface area (Å²) in [5, 5.41) is 5.94. The first-order valence-corrected chi connectivity index (χ1v) is 10.1. The number of para-hydroxylation sites is 1. The van der Waals surface area contributed by atoms with E-state index in [9.17, 15) is 14.4 Å². The van der Waals surface area contributed by atoms with Crippen molar-refractivity contribution in [3.8, 4) is 5.75 Å². The highest BCUT2D eigenvalue weighted by Crippen LogP contribution is 2.28. The van der Waals surface area contributed by atoms with Gasteiger partial charge in [-0.2, -0.15) is 0 Å². The number of nitrogens with one attached hydrogen (secondary N) is 2. The molecule has 0 bridgehead atoms. The molecule has 0 aliphatic carbocycles. The lowest BCUT2D eigenvalue weighted by molar-refractivity contribution is -0.119. The van der Waals surface area contributed by atoms with E-state index in [1.54, 1.807) is 30.3 Å². The van der Waals surface area contributed by atoms with Gasteiger partial charge in [-0.1, -0.05) is 32.0 Å². The van der Waals surface area contributed by atoms with E-state index < -0.39 is 18.5 Å². The standard InChI is InChI=1S/C24H25N3O5/c1-14(2)20-12-18(17-7-5-6-8-19(17)26-20)24(30)32-13-23(29)27-21-11-16(25-15(3)28)9-10-22(21)31-4/h5-12,14H,13H2,1-4H3,(H,25,28)(H,27,29). The van der Waals surface area contributed by atoms with Gasteiger partial charge in [0.25, 0.3) is 5.91 Å². The van der Waals surface area contributed by atoms with Gasteiger partial charge in [-0.15, -0.1) is 0 Å². The van der Waals surface area contributed by atoms with Crippen molar-refractivity contribution < 1.29 is 23.9 Å². The molecular formula is C24H25N3O5. The van der Waals surface area contributed by atoms with Crippen LogP contribution in [0.1, 0.15) is 42.7 Å². The van der Waals surface area contributed by atoms with Crippen molar-refractivity contribution in [3.05, 3.63) is 59.8 Å². The number of esters is 1. The fourth-order valence-electron chi connectivity index (χ4n) is 3.14. The van der Waals surface area contributed by atoms with Crippen molar-refractivity contribution in [1.29, 1.82) is 0 Å². The molecule has 0 radical (unpaired) electrons. The molecule has 0 aliphatic heterocycles. The molecule has 0 saturated heterocycles. The van der Waals surface area contributed by atoms with Gasteiger partial charge in [0, 0.05) is 23.7 Å². The van der Waals surface area contributed by atoms with Crippen LogP contribution in [0.25, 0.3) is 10.9 Å². The maximum Gasteiger partial charge on any atom is 0.339 e. The highest BCUT2D eigenvalue weighted by molar-refractivity contribution is 6.04. The largest absolute Gasteiger partial charge is 0.495 e. The molecule has 0 saturated carbocycles. The second kappa shape index (κ2) is 9.91. The van der Waals surface area contributed by atoms with Crippen molar-refractivity contribution in [2.24, 2.45) is 0 Å². The zero-order valence-electron chi connectivity index (χ0n) is 18.4. The van der Waals surface area contributed by atoms with Gasteiger partial charge < -0.3 is 20.1 Å². The summed E-state index contributed by atoms with van der Waals surface area (Å²) in [6, 6.07) is 13.8. The molecule has 2 aromatic carbocycles. The predicted octanol–water partition coefficient (Wildman–Crippen LogP) is 4.12. The highest BCUT2D eigenvalue weighted by atomic mass is 16.5. The highest BCUT2D eigenvalue weighted by Gasteiger charge is 2.17. The smallest absolute Gasteiger partial charge is 0.339 e. The van der Waals surface area contributed by atoms with Crippen LogP contribution in [0.5, 0.6) is 5.75 Å². The molecule has 3 rings (SSSR count). The van der Waals surface area contributed by atoms with Gasteiger partial charge >= 0.3 is 5.97 Å². The number of ether oxygens (including phenoxy) is 2. The lowest BCUT2D eigenvalue weighted by Crippen LogP contribution is -2.21. The molecule has 0 fully saturated rings. The van der Waals surface area contributed by atoms with E-state index in [1.165, 1.54) is 14.0 Å². The van der Waals surface area contributed by atoms with E-state index in [0.717, 1.165) is 5.69 Å². The maximum absolute atomic E-state index is 12.8. The quantitative estimate of drug-likeness (QED) is 0.541. The van der Waals surface area contributed by atoms with E-state index in [0.29, 0.717) is 33.6 Å². The summed E-state index contributed by atoms with van der Waals surface area (Å²) >= 11 is 0. The monoisotopic (exact) mass is 435 g/mol. The van der Waals surface area contributed by atoms with Gasteiger partial charge in [0.15, 0.2) is 6.61 Å². The fraction of sp³-hybridized carbons (Fsp3) is 0.250. The molecule has 2 amide bonds. The number of carbonyl (C=O) groups is 3. The molecule has 8 heteroatoms. The second-order valence-electron chi connectivity index (χ2n) is 7.49. The first-order chi connectivity index (χ1) is 15.3. The van der Waals surface area contributed by atoms with Gasteiger partial charge in [0.1, 0.15) is 5.75 Å². The number of rotatable bonds is 7. The van der Waals surface area contributed by atoms with Crippen LogP contribution < -0.4 is 15.4 Å². The number of aromatic nitrogens is 1. The Kier molecular flexibility index (Phi) is 7.04. The SMILES string of the molecule is COc1ccc(NC(C)=O)cc1NC(=O)COC(=O)c1cc(C(C)C)nc2ccccc12. The van der Waals surface area contributed by atoms with E-state index in [2.05, 4.69) is 15.6 Å². The Morgan fingerprint density at radius 3 is 2.47 bits per heavy atom. The van der Waals surface area contributed by atoms with E-state index >= 15 is 0 Å². The first kappa shape index (κ1) is 22.7. The maximum atomic E-state index is 12.8. The lowest BCUT2D eigenvalue weighted by Gasteiger charge is -2.13. The van der Waals surface area contributed by atoms with Gasteiger partial charge in [0.05, 0.1) is 23.9 Å². The number of pyridine rings is 1. The van der Waals surface area contributed by atoms with Gasteiger partial charge in [-0.05, 0) is 36.2 Å².